The van der Waals surface area contributed by atoms with Crippen molar-refractivity contribution in [3.63, 3.8) is 0 Å². The van der Waals surface area contributed by atoms with Gasteiger partial charge in [0.1, 0.15) is 5.82 Å². The zero-order valence-corrected chi connectivity index (χ0v) is 12.2. The Labute approximate surface area is 120 Å². The highest BCUT2D eigenvalue weighted by Crippen LogP contribution is 2.25. The van der Waals surface area contributed by atoms with Crippen molar-refractivity contribution in [1.29, 1.82) is 0 Å². The van der Waals surface area contributed by atoms with Crippen molar-refractivity contribution in [3.05, 3.63) is 52.0 Å². The molecule has 0 saturated heterocycles. The number of nitrogens with zero attached hydrogens (tertiary/aromatic N) is 1. The molecule has 0 unspecified atom stereocenters. The van der Waals surface area contributed by atoms with Crippen molar-refractivity contribution in [2.45, 2.75) is 13.5 Å². The van der Waals surface area contributed by atoms with Gasteiger partial charge in [0.2, 0.25) is 0 Å². The van der Waals surface area contributed by atoms with E-state index < -0.39 is 0 Å². The molecule has 0 aliphatic rings. The van der Waals surface area contributed by atoms with Crippen LogP contribution in [0.1, 0.15) is 11.1 Å². The predicted molar refractivity (Wildman–Crippen MR) is 81.9 cm³/mol. The minimum atomic E-state index is 0.542. The Morgan fingerprint density at radius 1 is 1.21 bits per heavy atom. The maximum atomic E-state index is 5.66. The molecular formula is C15H14BrN3. The standard InChI is InChI=1S/C15H14BrN3/c1-9-4-11(7-12(16)5-9)15-18-13-3-2-10(8-17)6-14(13)19-15/h2-7H,8,17H2,1H3,(H,18,19). The van der Waals surface area contributed by atoms with Gasteiger partial charge in [-0.05, 0) is 48.4 Å². The van der Waals surface area contributed by atoms with Gasteiger partial charge in [-0.1, -0.05) is 22.0 Å². The van der Waals surface area contributed by atoms with E-state index in [-0.39, 0.29) is 0 Å². The van der Waals surface area contributed by atoms with Crippen LogP contribution in [0.5, 0.6) is 0 Å². The Kier molecular flexibility index (Phi) is 3.12. The third-order valence-corrected chi connectivity index (χ3v) is 3.56. The lowest BCUT2D eigenvalue weighted by atomic mass is 10.1. The molecule has 0 aliphatic heterocycles. The minimum absolute atomic E-state index is 0.542. The lowest BCUT2D eigenvalue weighted by Gasteiger charge is -2.00. The molecule has 3 aromatic rings. The Hall–Kier alpha value is -1.65. The Bertz CT molecular complexity index is 726. The summed E-state index contributed by atoms with van der Waals surface area (Å²) in [5.41, 5.74) is 11.0. The highest BCUT2D eigenvalue weighted by Gasteiger charge is 2.07. The second-order valence-electron chi connectivity index (χ2n) is 4.66. The maximum Gasteiger partial charge on any atom is 0.138 e. The first-order chi connectivity index (χ1) is 9.15. The van der Waals surface area contributed by atoms with E-state index in [1.54, 1.807) is 0 Å². The largest absolute Gasteiger partial charge is 0.338 e. The van der Waals surface area contributed by atoms with Crippen LogP contribution < -0.4 is 5.73 Å². The zero-order chi connectivity index (χ0) is 13.4. The van der Waals surface area contributed by atoms with E-state index in [1.807, 2.05) is 12.1 Å². The number of hydrogen-bond acceptors (Lipinski definition) is 2. The average molecular weight is 316 g/mol. The number of nitrogens with two attached hydrogens (primary N) is 1. The number of rotatable bonds is 2. The van der Waals surface area contributed by atoms with Crippen molar-refractivity contribution < 1.29 is 0 Å². The van der Waals surface area contributed by atoms with Crippen LogP contribution in [0.3, 0.4) is 0 Å². The van der Waals surface area contributed by atoms with Gasteiger partial charge in [0.15, 0.2) is 0 Å². The second-order valence-corrected chi connectivity index (χ2v) is 5.57. The molecule has 2 aromatic carbocycles. The molecule has 0 amide bonds. The smallest absolute Gasteiger partial charge is 0.138 e. The normalized spacial score (nSPS) is 11.1. The number of aryl methyl sites for hydroxylation is 1. The second kappa shape index (κ2) is 4.79. The summed E-state index contributed by atoms with van der Waals surface area (Å²) in [4.78, 5) is 7.98. The molecule has 3 N–H and O–H groups in total. The van der Waals surface area contributed by atoms with Gasteiger partial charge in [-0.3, -0.25) is 0 Å². The van der Waals surface area contributed by atoms with Gasteiger partial charge < -0.3 is 10.7 Å². The number of halogens is 1. The molecule has 0 saturated carbocycles. The average Bonchev–Trinajstić information content (AvgIpc) is 2.80. The molecule has 0 radical (unpaired) electrons. The Morgan fingerprint density at radius 2 is 2.05 bits per heavy atom. The lowest BCUT2D eigenvalue weighted by molar-refractivity contribution is 1.07. The molecule has 0 bridgehead atoms. The summed E-state index contributed by atoms with van der Waals surface area (Å²) in [7, 11) is 0. The fourth-order valence-corrected chi connectivity index (χ4v) is 2.80. The van der Waals surface area contributed by atoms with Crippen LogP contribution in [0, 0.1) is 6.92 Å². The number of nitrogens with one attached hydrogen (secondary N) is 1. The van der Waals surface area contributed by atoms with Crippen LogP contribution in [0.25, 0.3) is 22.4 Å². The molecule has 0 atom stereocenters. The number of aromatic amines is 1. The van der Waals surface area contributed by atoms with E-state index in [0.717, 1.165) is 32.5 Å². The highest BCUT2D eigenvalue weighted by molar-refractivity contribution is 9.10. The maximum absolute atomic E-state index is 5.66. The van der Waals surface area contributed by atoms with E-state index in [4.69, 9.17) is 5.73 Å². The van der Waals surface area contributed by atoms with Gasteiger partial charge in [0.25, 0.3) is 0 Å². The molecule has 0 aliphatic carbocycles. The van der Waals surface area contributed by atoms with Crippen molar-refractivity contribution in [2.75, 3.05) is 0 Å². The van der Waals surface area contributed by atoms with Crippen LogP contribution in [0.2, 0.25) is 0 Å². The molecule has 3 nitrogen and oxygen atoms in total. The van der Waals surface area contributed by atoms with Crippen molar-refractivity contribution >= 4 is 27.0 Å². The van der Waals surface area contributed by atoms with Gasteiger partial charge in [-0.2, -0.15) is 0 Å². The minimum Gasteiger partial charge on any atom is -0.338 e. The molecule has 1 aromatic heterocycles. The van der Waals surface area contributed by atoms with Crippen molar-refractivity contribution in [3.8, 4) is 11.4 Å². The fourth-order valence-electron chi connectivity index (χ4n) is 2.19. The van der Waals surface area contributed by atoms with Crippen LogP contribution in [0.15, 0.2) is 40.9 Å². The van der Waals surface area contributed by atoms with Gasteiger partial charge in [0.05, 0.1) is 11.0 Å². The summed E-state index contributed by atoms with van der Waals surface area (Å²) in [5, 5.41) is 0. The fraction of sp³-hybridized carbons (Fsp3) is 0.133. The number of hydrogen-bond donors (Lipinski definition) is 2. The molecule has 4 heteroatoms. The Balaban J connectivity index is 2.14. The van der Waals surface area contributed by atoms with E-state index in [9.17, 15) is 0 Å². The van der Waals surface area contributed by atoms with Crippen molar-refractivity contribution in [2.24, 2.45) is 5.73 Å². The number of imidazole rings is 1. The third-order valence-electron chi connectivity index (χ3n) is 3.10. The zero-order valence-electron chi connectivity index (χ0n) is 10.6. The SMILES string of the molecule is Cc1cc(Br)cc(-c2nc3ccc(CN)cc3[nH]2)c1. The van der Waals surface area contributed by atoms with Gasteiger partial charge >= 0.3 is 0 Å². The number of aromatic nitrogens is 2. The molecule has 96 valence electrons. The van der Waals surface area contributed by atoms with Crippen LogP contribution >= 0.6 is 15.9 Å². The summed E-state index contributed by atoms with van der Waals surface area (Å²) in [6.07, 6.45) is 0. The molecule has 0 spiro atoms. The summed E-state index contributed by atoms with van der Waals surface area (Å²) in [6.45, 7) is 2.61. The molecule has 0 fully saturated rings. The third kappa shape index (κ3) is 2.41. The first-order valence-electron chi connectivity index (χ1n) is 6.12. The first kappa shape index (κ1) is 12.4. The van der Waals surface area contributed by atoms with Gasteiger partial charge in [0, 0.05) is 16.6 Å². The van der Waals surface area contributed by atoms with Crippen LogP contribution in [0.4, 0.5) is 0 Å². The predicted octanol–water partition coefficient (Wildman–Crippen LogP) is 3.76. The first-order valence-corrected chi connectivity index (χ1v) is 6.91. The molecule has 3 rings (SSSR count). The lowest BCUT2D eigenvalue weighted by Crippen LogP contribution is -1.95. The van der Waals surface area contributed by atoms with E-state index >= 15 is 0 Å². The molecule has 1 heterocycles. The van der Waals surface area contributed by atoms with E-state index in [0.29, 0.717) is 6.54 Å². The Morgan fingerprint density at radius 3 is 2.79 bits per heavy atom. The summed E-state index contributed by atoms with van der Waals surface area (Å²) < 4.78 is 1.06. The summed E-state index contributed by atoms with van der Waals surface area (Å²) in [6, 6.07) is 12.3. The quantitative estimate of drug-likeness (QED) is 0.756. The van der Waals surface area contributed by atoms with Gasteiger partial charge in [-0.15, -0.1) is 0 Å². The van der Waals surface area contributed by atoms with Crippen molar-refractivity contribution in [1.82, 2.24) is 9.97 Å². The number of fused-ring (bicyclic) bond motifs is 1. The summed E-state index contributed by atoms with van der Waals surface area (Å²) in [5.74, 6) is 0.883. The number of benzene rings is 2. The monoisotopic (exact) mass is 315 g/mol. The molecular weight excluding hydrogens is 302 g/mol. The van der Waals surface area contributed by atoms with E-state index in [1.165, 1.54) is 5.56 Å². The number of H-pyrrole nitrogens is 1. The topological polar surface area (TPSA) is 54.7 Å². The summed E-state index contributed by atoms with van der Waals surface area (Å²) >= 11 is 3.52. The molecule has 19 heavy (non-hydrogen) atoms. The van der Waals surface area contributed by atoms with Crippen LogP contribution in [-0.2, 0) is 6.54 Å². The highest BCUT2D eigenvalue weighted by atomic mass is 79.9. The van der Waals surface area contributed by atoms with Crippen LogP contribution in [-0.4, -0.2) is 9.97 Å². The van der Waals surface area contributed by atoms with E-state index in [2.05, 4.69) is 57.1 Å². The van der Waals surface area contributed by atoms with Gasteiger partial charge in [-0.25, -0.2) is 4.98 Å².